The topological polar surface area (TPSA) is 75.9 Å². The molecule has 7 nitrogen and oxygen atoms in total. The second-order valence-electron chi connectivity index (χ2n) is 7.98. The van der Waals surface area contributed by atoms with Gasteiger partial charge < -0.3 is 10.2 Å². The van der Waals surface area contributed by atoms with Gasteiger partial charge in [0.05, 0.1) is 35.2 Å². The van der Waals surface area contributed by atoms with Crippen LogP contribution < -0.4 is 5.32 Å². The summed E-state index contributed by atoms with van der Waals surface area (Å²) in [6, 6.07) is 5.81. The van der Waals surface area contributed by atoms with E-state index in [-0.39, 0.29) is 35.8 Å². The molecule has 0 saturated carbocycles. The molecule has 1 aromatic carbocycles. The largest absolute Gasteiger partial charge is 0.417 e. The lowest BCUT2D eigenvalue weighted by Gasteiger charge is -2.40. The minimum Gasteiger partial charge on any atom is -0.368 e. The monoisotopic (exact) mass is 462 g/mol. The molecule has 1 saturated heterocycles. The van der Waals surface area contributed by atoms with Gasteiger partial charge in [-0.1, -0.05) is 6.92 Å². The number of halogens is 4. The molecule has 0 spiro atoms. The van der Waals surface area contributed by atoms with Crippen molar-refractivity contribution in [3.63, 3.8) is 0 Å². The first-order valence-corrected chi connectivity index (χ1v) is 10.5. The van der Waals surface area contributed by atoms with Gasteiger partial charge in [-0.05, 0) is 49.1 Å². The lowest BCUT2D eigenvalue weighted by atomic mass is 9.90. The molecule has 3 heterocycles. The molecule has 0 radical (unpaired) electrons. The minimum absolute atomic E-state index is 0.115. The number of alkyl halides is 3. The van der Waals surface area contributed by atoms with E-state index < -0.39 is 17.6 Å². The molecule has 174 valence electrons. The summed E-state index contributed by atoms with van der Waals surface area (Å²) >= 11 is 0. The molecule has 2 atom stereocenters. The van der Waals surface area contributed by atoms with Crippen LogP contribution in [0.15, 0.2) is 48.9 Å². The first-order chi connectivity index (χ1) is 15.7. The van der Waals surface area contributed by atoms with Crippen molar-refractivity contribution < 1.29 is 22.4 Å². The van der Waals surface area contributed by atoms with E-state index in [0.717, 1.165) is 25.1 Å². The third-order valence-corrected chi connectivity index (χ3v) is 5.78. The van der Waals surface area contributed by atoms with Crippen molar-refractivity contribution in [1.29, 1.82) is 0 Å². The van der Waals surface area contributed by atoms with Crippen LogP contribution >= 0.6 is 0 Å². The van der Waals surface area contributed by atoms with Crippen LogP contribution in [0.2, 0.25) is 0 Å². The van der Waals surface area contributed by atoms with E-state index in [4.69, 9.17) is 0 Å². The van der Waals surface area contributed by atoms with E-state index in [2.05, 4.69) is 20.5 Å². The zero-order valence-corrected chi connectivity index (χ0v) is 17.8. The normalized spacial score (nSPS) is 18.9. The lowest BCUT2D eigenvalue weighted by Crippen LogP contribution is -2.51. The van der Waals surface area contributed by atoms with Gasteiger partial charge in [0.15, 0.2) is 0 Å². The average Bonchev–Trinajstić information content (AvgIpc) is 3.32. The predicted octanol–water partition coefficient (Wildman–Crippen LogP) is 4.17. The van der Waals surface area contributed by atoms with Gasteiger partial charge in [0.1, 0.15) is 11.6 Å². The zero-order valence-electron chi connectivity index (χ0n) is 17.8. The van der Waals surface area contributed by atoms with E-state index >= 15 is 0 Å². The Labute approximate surface area is 187 Å². The minimum atomic E-state index is -4.46. The Kier molecular flexibility index (Phi) is 6.30. The van der Waals surface area contributed by atoms with Crippen molar-refractivity contribution in [3.8, 4) is 5.69 Å². The number of amides is 1. The summed E-state index contributed by atoms with van der Waals surface area (Å²) in [5, 5.41) is 11.1. The first kappa shape index (κ1) is 22.7. The smallest absolute Gasteiger partial charge is 0.368 e. The van der Waals surface area contributed by atoms with Gasteiger partial charge in [-0.25, -0.2) is 9.37 Å². The fourth-order valence-electron chi connectivity index (χ4n) is 4.04. The van der Waals surface area contributed by atoms with Crippen LogP contribution in [-0.2, 0) is 6.18 Å². The molecular weight excluding hydrogens is 440 g/mol. The molecule has 3 aromatic rings. The Morgan fingerprint density at radius 1 is 1.18 bits per heavy atom. The quantitative estimate of drug-likeness (QED) is 0.576. The number of hydrogen-bond acceptors (Lipinski definition) is 5. The number of likely N-dealkylation sites (tertiary alicyclic amines) is 1. The van der Waals surface area contributed by atoms with Crippen LogP contribution in [0.3, 0.4) is 0 Å². The van der Waals surface area contributed by atoms with Crippen LogP contribution in [0.25, 0.3) is 5.69 Å². The van der Waals surface area contributed by atoms with Gasteiger partial charge >= 0.3 is 6.18 Å². The molecule has 1 unspecified atom stereocenters. The summed E-state index contributed by atoms with van der Waals surface area (Å²) in [4.78, 5) is 20.3. The van der Waals surface area contributed by atoms with Crippen molar-refractivity contribution in [2.75, 3.05) is 18.4 Å². The second kappa shape index (κ2) is 9.16. The Morgan fingerprint density at radius 3 is 2.61 bits per heavy atom. The number of nitrogens with zero attached hydrogens (tertiary/aromatic N) is 5. The molecule has 1 N–H and O–H groups in total. The summed E-state index contributed by atoms with van der Waals surface area (Å²) in [7, 11) is 0. The van der Waals surface area contributed by atoms with E-state index in [1.807, 2.05) is 6.92 Å². The third kappa shape index (κ3) is 4.96. The molecule has 0 bridgehead atoms. The second-order valence-corrected chi connectivity index (χ2v) is 7.98. The van der Waals surface area contributed by atoms with Crippen molar-refractivity contribution in [2.24, 2.45) is 5.92 Å². The van der Waals surface area contributed by atoms with Gasteiger partial charge in [0, 0.05) is 19.3 Å². The third-order valence-electron chi connectivity index (χ3n) is 5.78. The van der Waals surface area contributed by atoms with Gasteiger partial charge in [0.2, 0.25) is 0 Å². The predicted molar refractivity (Wildman–Crippen MR) is 112 cm³/mol. The molecule has 1 aliphatic rings. The average molecular weight is 462 g/mol. The zero-order chi connectivity index (χ0) is 23.6. The highest BCUT2D eigenvalue weighted by atomic mass is 19.4. The Hall–Kier alpha value is -3.50. The van der Waals surface area contributed by atoms with E-state index in [0.29, 0.717) is 12.2 Å². The van der Waals surface area contributed by atoms with Gasteiger partial charge in [0.25, 0.3) is 5.91 Å². The number of piperidine rings is 1. The van der Waals surface area contributed by atoms with Crippen molar-refractivity contribution in [2.45, 2.75) is 32.0 Å². The van der Waals surface area contributed by atoms with Crippen molar-refractivity contribution in [3.05, 3.63) is 65.9 Å². The van der Waals surface area contributed by atoms with Crippen molar-refractivity contribution in [1.82, 2.24) is 24.9 Å². The number of hydrogen-bond donors (Lipinski definition) is 1. The maximum Gasteiger partial charge on any atom is 0.417 e. The molecule has 1 fully saturated rings. The molecule has 11 heteroatoms. The number of pyridine rings is 1. The lowest BCUT2D eigenvalue weighted by molar-refractivity contribution is -0.137. The number of benzene rings is 1. The fourth-order valence-corrected chi connectivity index (χ4v) is 4.04. The van der Waals surface area contributed by atoms with E-state index in [1.165, 1.54) is 41.5 Å². The van der Waals surface area contributed by atoms with Gasteiger partial charge in [-0.3, -0.25) is 4.79 Å². The number of nitrogens with one attached hydrogen (secondary N) is 1. The molecule has 1 aliphatic heterocycles. The molecule has 4 rings (SSSR count). The van der Waals surface area contributed by atoms with Gasteiger partial charge in [-0.2, -0.15) is 28.2 Å². The Bertz CT molecular complexity index is 1100. The highest BCUT2D eigenvalue weighted by Gasteiger charge is 2.34. The molecule has 2 aromatic heterocycles. The SMILES string of the molecule is C[C@@H]1CCCN(C(=O)c2cc(F)ccc2-n2nccn2)C1CNc1ccc(C(F)(F)F)cn1. The van der Waals surface area contributed by atoms with Crippen molar-refractivity contribution >= 4 is 11.7 Å². The van der Waals surface area contributed by atoms with E-state index in [9.17, 15) is 22.4 Å². The molecule has 33 heavy (non-hydrogen) atoms. The Morgan fingerprint density at radius 2 is 1.94 bits per heavy atom. The van der Waals surface area contributed by atoms with E-state index in [1.54, 1.807) is 4.90 Å². The highest BCUT2D eigenvalue weighted by molar-refractivity contribution is 5.98. The molecular formula is C22H22F4N6O. The van der Waals surface area contributed by atoms with Crippen LogP contribution in [0.4, 0.5) is 23.4 Å². The summed E-state index contributed by atoms with van der Waals surface area (Å²) in [6.07, 6.45) is 0.902. The first-order valence-electron chi connectivity index (χ1n) is 10.5. The summed E-state index contributed by atoms with van der Waals surface area (Å²) < 4.78 is 52.4. The molecule has 0 aliphatic carbocycles. The number of rotatable bonds is 5. The molecule has 1 amide bonds. The standard InChI is InChI=1S/C22H22F4N6O/c1-14-3-2-10-31(19(14)13-28-20-7-4-15(12-27-20)22(24,25)26)21(33)17-11-16(23)5-6-18(17)32-29-8-9-30-32/h4-9,11-12,14,19H,2-3,10,13H2,1H3,(H,27,28)/t14-,19?/m1/s1. The fraction of sp³-hybridized carbons (Fsp3) is 0.364. The van der Waals surface area contributed by atoms with Crippen LogP contribution in [0, 0.1) is 11.7 Å². The Balaban J connectivity index is 1.55. The van der Waals surface area contributed by atoms with Gasteiger partial charge in [-0.15, -0.1) is 0 Å². The summed E-state index contributed by atoms with van der Waals surface area (Å²) in [5.41, 5.74) is -0.333. The summed E-state index contributed by atoms with van der Waals surface area (Å²) in [5.74, 6) is -0.520. The number of anilines is 1. The maximum atomic E-state index is 14.1. The highest BCUT2D eigenvalue weighted by Crippen LogP contribution is 2.30. The van der Waals surface area contributed by atoms with Crippen LogP contribution in [-0.4, -0.2) is 49.9 Å². The maximum absolute atomic E-state index is 14.1. The summed E-state index contributed by atoms with van der Waals surface area (Å²) in [6.45, 7) is 2.77. The van der Waals surface area contributed by atoms with Crippen LogP contribution in [0.1, 0.15) is 35.7 Å². The number of carbonyl (C=O) groups excluding carboxylic acids is 1. The van der Waals surface area contributed by atoms with Crippen LogP contribution in [0.5, 0.6) is 0 Å². The number of carbonyl (C=O) groups is 1. The number of aromatic nitrogens is 4.